The van der Waals surface area contributed by atoms with E-state index in [-0.39, 0.29) is 11.9 Å². The molecule has 0 aromatic carbocycles. The molecule has 1 unspecified atom stereocenters. The second-order valence-corrected chi connectivity index (χ2v) is 3.79. The minimum absolute atomic E-state index is 0.0550. The van der Waals surface area contributed by atoms with E-state index in [1.165, 1.54) is 0 Å². The van der Waals surface area contributed by atoms with Crippen molar-refractivity contribution in [1.82, 2.24) is 15.2 Å². The van der Waals surface area contributed by atoms with Crippen LogP contribution in [0.15, 0.2) is 24.5 Å². The van der Waals surface area contributed by atoms with Crippen LogP contribution in [0.4, 0.5) is 0 Å². The number of pyridine rings is 1. The molecule has 1 aliphatic heterocycles. The number of nitrogens with one attached hydrogen (secondary N) is 1. The van der Waals surface area contributed by atoms with Crippen molar-refractivity contribution in [2.45, 2.75) is 19.5 Å². The van der Waals surface area contributed by atoms with Crippen molar-refractivity contribution in [3.05, 3.63) is 30.1 Å². The first-order valence-corrected chi connectivity index (χ1v) is 5.18. The molecular formula is C11H15N3O. The van der Waals surface area contributed by atoms with Crippen LogP contribution in [0.2, 0.25) is 0 Å². The molecule has 1 aromatic heterocycles. The van der Waals surface area contributed by atoms with Crippen LogP contribution in [0.3, 0.4) is 0 Å². The maximum absolute atomic E-state index is 11.8. The van der Waals surface area contributed by atoms with E-state index in [2.05, 4.69) is 10.3 Å². The maximum atomic E-state index is 11.8. The van der Waals surface area contributed by atoms with Gasteiger partial charge in [-0.25, -0.2) is 0 Å². The third-order valence-corrected chi connectivity index (χ3v) is 2.64. The van der Waals surface area contributed by atoms with Gasteiger partial charge < -0.3 is 10.2 Å². The summed E-state index contributed by atoms with van der Waals surface area (Å²) in [7, 11) is 0. The van der Waals surface area contributed by atoms with Gasteiger partial charge in [-0.3, -0.25) is 9.78 Å². The Bertz CT molecular complexity index is 339. The zero-order valence-corrected chi connectivity index (χ0v) is 8.81. The van der Waals surface area contributed by atoms with Crippen LogP contribution >= 0.6 is 0 Å². The lowest BCUT2D eigenvalue weighted by molar-refractivity contribution is -0.135. The van der Waals surface area contributed by atoms with Crippen LogP contribution in [-0.2, 0) is 11.3 Å². The fourth-order valence-corrected chi connectivity index (χ4v) is 1.75. The van der Waals surface area contributed by atoms with E-state index in [4.69, 9.17) is 0 Å². The van der Waals surface area contributed by atoms with Gasteiger partial charge in [0.05, 0.1) is 6.04 Å². The standard InChI is InChI=1S/C11H15N3O/c1-9-11(15)14(7-6-13-9)8-10-2-4-12-5-3-10/h2-5,9,13H,6-8H2,1H3. The summed E-state index contributed by atoms with van der Waals surface area (Å²) in [6.45, 7) is 4.25. The van der Waals surface area contributed by atoms with Crippen LogP contribution in [-0.4, -0.2) is 34.9 Å². The fourth-order valence-electron chi connectivity index (χ4n) is 1.75. The van der Waals surface area contributed by atoms with Crippen molar-refractivity contribution in [2.75, 3.05) is 13.1 Å². The molecule has 1 fully saturated rings. The minimum atomic E-state index is -0.0550. The van der Waals surface area contributed by atoms with Crippen molar-refractivity contribution in [2.24, 2.45) is 0 Å². The smallest absolute Gasteiger partial charge is 0.239 e. The zero-order chi connectivity index (χ0) is 10.7. The number of aromatic nitrogens is 1. The van der Waals surface area contributed by atoms with E-state index >= 15 is 0 Å². The van der Waals surface area contributed by atoms with Crippen molar-refractivity contribution >= 4 is 5.91 Å². The zero-order valence-electron chi connectivity index (χ0n) is 8.81. The Hall–Kier alpha value is -1.42. The number of nitrogens with zero attached hydrogens (tertiary/aromatic N) is 2. The maximum Gasteiger partial charge on any atom is 0.239 e. The molecule has 2 rings (SSSR count). The number of hydrogen-bond donors (Lipinski definition) is 1. The molecule has 1 amide bonds. The second-order valence-electron chi connectivity index (χ2n) is 3.79. The summed E-state index contributed by atoms with van der Waals surface area (Å²) in [5.41, 5.74) is 1.13. The molecule has 0 bridgehead atoms. The minimum Gasteiger partial charge on any atom is -0.336 e. The van der Waals surface area contributed by atoms with Crippen molar-refractivity contribution in [3.63, 3.8) is 0 Å². The molecule has 4 nitrogen and oxygen atoms in total. The van der Waals surface area contributed by atoms with Gasteiger partial charge in [0.15, 0.2) is 0 Å². The average molecular weight is 205 g/mol. The first kappa shape index (κ1) is 10.1. The summed E-state index contributed by atoms with van der Waals surface area (Å²) >= 11 is 0. The summed E-state index contributed by atoms with van der Waals surface area (Å²) < 4.78 is 0. The van der Waals surface area contributed by atoms with Crippen molar-refractivity contribution in [3.8, 4) is 0 Å². The van der Waals surface area contributed by atoms with Gasteiger partial charge in [0.1, 0.15) is 0 Å². The first-order valence-electron chi connectivity index (χ1n) is 5.18. The van der Waals surface area contributed by atoms with Crippen molar-refractivity contribution in [1.29, 1.82) is 0 Å². The predicted octanol–water partition coefficient (Wildman–Crippen LogP) is 0.402. The lowest BCUT2D eigenvalue weighted by atomic mass is 10.2. The normalized spacial score (nSPS) is 21.8. The Balaban J connectivity index is 2.03. The van der Waals surface area contributed by atoms with E-state index in [1.807, 2.05) is 24.0 Å². The third kappa shape index (κ3) is 2.33. The molecular weight excluding hydrogens is 190 g/mol. The monoisotopic (exact) mass is 205 g/mol. The molecule has 1 saturated heterocycles. The average Bonchev–Trinajstić information content (AvgIpc) is 2.26. The molecule has 1 atom stereocenters. The molecule has 2 heterocycles. The Morgan fingerprint density at radius 3 is 3.00 bits per heavy atom. The molecule has 1 aliphatic rings. The lowest BCUT2D eigenvalue weighted by Crippen LogP contribution is -2.53. The highest BCUT2D eigenvalue weighted by molar-refractivity contribution is 5.82. The highest BCUT2D eigenvalue weighted by Gasteiger charge is 2.24. The molecule has 0 radical (unpaired) electrons. The number of rotatable bonds is 2. The van der Waals surface area contributed by atoms with Gasteiger partial charge in [0.25, 0.3) is 0 Å². The second kappa shape index (κ2) is 4.40. The highest BCUT2D eigenvalue weighted by atomic mass is 16.2. The van der Waals surface area contributed by atoms with Gasteiger partial charge in [-0.05, 0) is 24.6 Å². The van der Waals surface area contributed by atoms with Crippen LogP contribution in [0.5, 0.6) is 0 Å². The number of carbonyl (C=O) groups excluding carboxylic acids is 1. The topological polar surface area (TPSA) is 45.2 Å². The summed E-state index contributed by atoms with van der Waals surface area (Å²) in [4.78, 5) is 17.6. The number of hydrogen-bond acceptors (Lipinski definition) is 3. The summed E-state index contributed by atoms with van der Waals surface area (Å²) in [5.74, 6) is 0.179. The third-order valence-electron chi connectivity index (χ3n) is 2.64. The lowest BCUT2D eigenvalue weighted by Gasteiger charge is -2.31. The molecule has 1 aromatic rings. The van der Waals surface area contributed by atoms with Crippen LogP contribution in [0.1, 0.15) is 12.5 Å². The van der Waals surface area contributed by atoms with Crippen LogP contribution in [0.25, 0.3) is 0 Å². The van der Waals surface area contributed by atoms with Gasteiger partial charge >= 0.3 is 0 Å². The van der Waals surface area contributed by atoms with Gasteiger partial charge in [0.2, 0.25) is 5.91 Å². The van der Waals surface area contributed by atoms with E-state index in [0.29, 0.717) is 6.54 Å². The van der Waals surface area contributed by atoms with Crippen LogP contribution < -0.4 is 5.32 Å². The molecule has 1 N–H and O–H groups in total. The molecule has 15 heavy (non-hydrogen) atoms. The Morgan fingerprint density at radius 1 is 1.53 bits per heavy atom. The predicted molar refractivity (Wildman–Crippen MR) is 57.1 cm³/mol. The molecule has 4 heteroatoms. The molecule has 0 saturated carbocycles. The first-order chi connectivity index (χ1) is 7.27. The van der Waals surface area contributed by atoms with E-state index < -0.39 is 0 Å². The summed E-state index contributed by atoms with van der Waals surface area (Å²) in [6.07, 6.45) is 3.51. The summed E-state index contributed by atoms with van der Waals surface area (Å²) in [5, 5.41) is 3.14. The van der Waals surface area contributed by atoms with Gasteiger partial charge in [-0.15, -0.1) is 0 Å². The highest BCUT2D eigenvalue weighted by Crippen LogP contribution is 2.07. The van der Waals surface area contributed by atoms with Gasteiger partial charge in [-0.1, -0.05) is 0 Å². The molecule has 80 valence electrons. The van der Waals surface area contributed by atoms with E-state index in [1.54, 1.807) is 12.4 Å². The van der Waals surface area contributed by atoms with E-state index in [0.717, 1.165) is 18.7 Å². The van der Waals surface area contributed by atoms with Gasteiger partial charge in [-0.2, -0.15) is 0 Å². The number of piperazine rings is 1. The number of carbonyl (C=O) groups is 1. The largest absolute Gasteiger partial charge is 0.336 e. The molecule has 0 aliphatic carbocycles. The van der Waals surface area contributed by atoms with E-state index in [9.17, 15) is 4.79 Å². The Kier molecular flexibility index (Phi) is 2.97. The van der Waals surface area contributed by atoms with Crippen molar-refractivity contribution < 1.29 is 4.79 Å². The SMILES string of the molecule is CC1NCCN(Cc2ccncc2)C1=O. The summed E-state index contributed by atoms with van der Waals surface area (Å²) in [6, 6.07) is 3.83. The van der Waals surface area contributed by atoms with Gasteiger partial charge in [0, 0.05) is 32.0 Å². The quantitative estimate of drug-likeness (QED) is 0.760. The van der Waals surface area contributed by atoms with Crippen LogP contribution in [0, 0.1) is 0 Å². The number of amides is 1. The Morgan fingerprint density at radius 2 is 2.27 bits per heavy atom. The Labute approximate surface area is 89.3 Å². The fraction of sp³-hybridized carbons (Fsp3) is 0.455. The molecule has 0 spiro atoms.